The van der Waals surface area contributed by atoms with Crippen LogP contribution >= 0.6 is 0 Å². The van der Waals surface area contributed by atoms with Crippen molar-refractivity contribution in [2.75, 3.05) is 0 Å². The van der Waals surface area contributed by atoms with Crippen LogP contribution in [0.25, 0.3) is 0 Å². The van der Waals surface area contributed by atoms with Crippen molar-refractivity contribution >= 4 is 8.24 Å². The fourth-order valence-electron chi connectivity index (χ4n) is 0. The maximum Gasteiger partial charge on any atom is 1.00 e. The molecule has 0 saturated heterocycles. The molecule has 34 valence electrons. The maximum absolute atomic E-state index is 5.49. The molecule has 3 heteroatoms. The average Bonchev–Trinajstić information content (AvgIpc) is 0.722. The Balaban J connectivity index is -0.0000000800. The quantitative estimate of drug-likeness (QED) is 0.468. The number of rotatable bonds is 0. The van der Waals surface area contributed by atoms with Gasteiger partial charge in [0, 0.05) is 0 Å². The van der Waals surface area contributed by atoms with Crippen LogP contribution in [0.15, 0.2) is 0 Å². The molecule has 0 radical (unpaired) electrons. The van der Waals surface area contributed by atoms with Gasteiger partial charge < -0.3 is 6.83 Å². The third-order valence-corrected chi connectivity index (χ3v) is 0. The second-order valence-electron chi connectivity index (χ2n) is 2.37. The Labute approximate surface area is 101 Å². The fourth-order valence-corrected chi connectivity index (χ4v) is 0. The van der Waals surface area contributed by atoms with Gasteiger partial charge in [0.15, 0.2) is 0 Å². The van der Waals surface area contributed by atoms with Crippen molar-refractivity contribution in [3.63, 3.8) is 0 Å². The molecule has 0 unspecified atom stereocenters. The standard InChI is InChI=1S/C3H11NSi.Cs.H/c1-5(2,3)4;;/h4H2,1-3H3;;/q;+1;-1. The minimum Gasteiger partial charge on any atom is -1.00 e. The molecule has 0 aliphatic carbocycles. The van der Waals surface area contributed by atoms with E-state index in [2.05, 4.69) is 19.6 Å². The summed E-state index contributed by atoms with van der Waals surface area (Å²) < 4.78 is 0. The predicted molar refractivity (Wildman–Crippen MR) is 28.6 cm³/mol. The van der Waals surface area contributed by atoms with Gasteiger partial charge in [0.05, 0.1) is 0 Å². The van der Waals surface area contributed by atoms with E-state index in [1.807, 2.05) is 0 Å². The van der Waals surface area contributed by atoms with Crippen LogP contribution < -0.4 is 74.3 Å². The Morgan fingerprint density at radius 1 is 1.33 bits per heavy atom. The molecule has 0 aromatic carbocycles. The van der Waals surface area contributed by atoms with Gasteiger partial charge in [-0.25, -0.2) is 0 Å². The van der Waals surface area contributed by atoms with Crippen molar-refractivity contribution in [3.05, 3.63) is 0 Å². The molecule has 1 nitrogen and oxygen atoms in total. The number of hydrogen-bond acceptors (Lipinski definition) is 1. The predicted octanol–water partition coefficient (Wildman–Crippen LogP) is -2.10. The van der Waals surface area contributed by atoms with Gasteiger partial charge in [-0.3, -0.25) is 0 Å². The van der Waals surface area contributed by atoms with Crippen LogP contribution in [0.5, 0.6) is 0 Å². The zero-order valence-electron chi connectivity index (χ0n) is 6.08. The molecular weight excluding hydrogens is 211 g/mol. The molecule has 0 aromatic rings. The fraction of sp³-hybridized carbons (Fsp3) is 1.00. The third kappa shape index (κ3) is 34.3. The number of hydrogen-bond donors (Lipinski definition) is 1. The second kappa shape index (κ2) is 4.14. The van der Waals surface area contributed by atoms with Crippen LogP contribution in [0.3, 0.4) is 0 Å². The van der Waals surface area contributed by atoms with Crippen LogP contribution in [-0.2, 0) is 0 Å². The van der Waals surface area contributed by atoms with E-state index in [0.717, 1.165) is 0 Å². The first-order chi connectivity index (χ1) is 2.00. The zero-order valence-corrected chi connectivity index (χ0v) is 12.4. The molecule has 0 atom stereocenters. The molecule has 6 heavy (non-hydrogen) atoms. The summed E-state index contributed by atoms with van der Waals surface area (Å²) in [5.41, 5.74) is 0. The molecule has 0 rings (SSSR count). The molecule has 0 fully saturated rings. The van der Waals surface area contributed by atoms with Crippen molar-refractivity contribution in [3.8, 4) is 0 Å². The largest absolute Gasteiger partial charge is 1.00 e. The Hall–Kier alpha value is 2.23. The summed E-state index contributed by atoms with van der Waals surface area (Å²) in [5, 5.41) is 5.49. The van der Waals surface area contributed by atoms with Crippen molar-refractivity contribution in [1.29, 1.82) is 0 Å². The molecule has 0 spiro atoms. The van der Waals surface area contributed by atoms with Gasteiger partial charge in [0.2, 0.25) is 0 Å². The Kier molecular flexibility index (Phi) is 7.65. The molecular formula is C3H12CsNSi. The van der Waals surface area contributed by atoms with E-state index in [1.54, 1.807) is 0 Å². The van der Waals surface area contributed by atoms with E-state index in [-0.39, 0.29) is 70.3 Å². The Morgan fingerprint density at radius 3 is 1.33 bits per heavy atom. The summed E-state index contributed by atoms with van der Waals surface area (Å²) in [5.74, 6) is 0. The maximum atomic E-state index is 5.49. The van der Waals surface area contributed by atoms with Gasteiger partial charge in [-0.15, -0.1) is 0 Å². The van der Waals surface area contributed by atoms with Crippen LogP contribution in [0.2, 0.25) is 19.6 Å². The first-order valence-corrected chi connectivity index (χ1v) is 5.37. The smallest absolute Gasteiger partial charge is 1.00 e. The van der Waals surface area contributed by atoms with Gasteiger partial charge in [-0.1, -0.05) is 19.6 Å². The minimum atomic E-state index is -1.11. The van der Waals surface area contributed by atoms with E-state index in [1.165, 1.54) is 0 Å². The molecule has 2 N–H and O–H groups in total. The van der Waals surface area contributed by atoms with Crippen molar-refractivity contribution < 1.29 is 70.3 Å². The summed E-state index contributed by atoms with van der Waals surface area (Å²) in [6, 6.07) is 0. The van der Waals surface area contributed by atoms with Gasteiger partial charge in [0.1, 0.15) is 8.24 Å². The first kappa shape index (κ1) is 11.1. The SMILES string of the molecule is C[Si](C)(C)N.[Cs+].[H-]. The molecule has 0 heterocycles. The van der Waals surface area contributed by atoms with E-state index in [9.17, 15) is 0 Å². The normalized spacial score (nSPS) is 10.0. The monoisotopic (exact) mass is 223 g/mol. The van der Waals surface area contributed by atoms with E-state index in [4.69, 9.17) is 5.40 Å². The zero-order chi connectivity index (χ0) is 4.50. The molecule has 0 aromatic heterocycles. The topological polar surface area (TPSA) is 26.0 Å². The molecule has 0 bridgehead atoms. The van der Waals surface area contributed by atoms with E-state index < -0.39 is 8.24 Å². The summed E-state index contributed by atoms with van der Waals surface area (Å²) in [4.78, 5) is 0. The molecule has 0 aliphatic rings. The van der Waals surface area contributed by atoms with Gasteiger partial charge in [0.25, 0.3) is 0 Å². The van der Waals surface area contributed by atoms with Crippen LogP contribution in [0, 0.1) is 0 Å². The van der Waals surface area contributed by atoms with Crippen molar-refractivity contribution in [2.45, 2.75) is 19.6 Å². The van der Waals surface area contributed by atoms with Gasteiger partial charge >= 0.3 is 68.9 Å². The second-order valence-corrected chi connectivity index (χ2v) is 7.10. The molecule has 0 saturated carbocycles. The summed E-state index contributed by atoms with van der Waals surface area (Å²) in [6.07, 6.45) is 0. The Bertz CT molecular complexity index is 30.4. The van der Waals surface area contributed by atoms with Crippen LogP contribution in [0.4, 0.5) is 0 Å². The summed E-state index contributed by atoms with van der Waals surface area (Å²) >= 11 is 0. The van der Waals surface area contributed by atoms with Gasteiger partial charge in [-0.2, -0.15) is 0 Å². The van der Waals surface area contributed by atoms with E-state index >= 15 is 0 Å². The van der Waals surface area contributed by atoms with Crippen molar-refractivity contribution in [1.82, 2.24) is 0 Å². The summed E-state index contributed by atoms with van der Waals surface area (Å²) in [6.45, 7) is 6.31. The van der Waals surface area contributed by atoms with Crippen LogP contribution in [-0.4, -0.2) is 8.24 Å². The number of nitrogens with two attached hydrogens (primary N) is 1. The first-order valence-electron chi connectivity index (χ1n) is 1.79. The van der Waals surface area contributed by atoms with Gasteiger partial charge in [-0.05, 0) is 0 Å². The molecule has 0 amide bonds. The summed E-state index contributed by atoms with van der Waals surface area (Å²) in [7, 11) is -1.11. The third-order valence-electron chi connectivity index (χ3n) is 0. The molecule has 0 aliphatic heterocycles. The Morgan fingerprint density at radius 2 is 1.33 bits per heavy atom. The van der Waals surface area contributed by atoms with Crippen LogP contribution in [0.1, 0.15) is 1.43 Å². The van der Waals surface area contributed by atoms with Crippen molar-refractivity contribution in [2.24, 2.45) is 5.40 Å². The minimum absolute atomic E-state index is 0. The average molecular weight is 223 g/mol. The van der Waals surface area contributed by atoms with E-state index in [0.29, 0.717) is 0 Å².